The van der Waals surface area contributed by atoms with E-state index in [9.17, 15) is 9.59 Å². The van der Waals surface area contributed by atoms with Gasteiger partial charge in [0.2, 0.25) is 5.91 Å². The van der Waals surface area contributed by atoms with Crippen LogP contribution in [0.25, 0.3) is 10.8 Å². The van der Waals surface area contributed by atoms with E-state index in [4.69, 9.17) is 16.2 Å². The second-order valence-corrected chi connectivity index (χ2v) is 5.67. The lowest BCUT2D eigenvalue weighted by Crippen LogP contribution is -2.32. The molecule has 0 bridgehead atoms. The predicted octanol–water partition coefficient (Wildman–Crippen LogP) is 1.07. The van der Waals surface area contributed by atoms with E-state index in [2.05, 4.69) is 10.6 Å². The molecular weight excluding hydrogens is 320 g/mol. The zero-order chi connectivity index (χ0) is 18.2. The number of rotatable bonds is 7. The van der Waals surface area contributed by atoms with Crippen LogP contribution in [-0.4, -0.2) is 38.2 Å². The molecule has 0 fully saturated rings. The highest BCUT2D eigenvalue weighted by Gasteiger charge is 2.15. The van der Waals surface area contributed by atoms with Crippen LogP contribution >= 0.6 is 0 Å². The Hall–Kier alpha value is -2.64. The molecular formula is C18H24N4O3. The fourth-order valence-corrected chi connectivity index (χ4v) is 2.39. The van der Waals surface area contributed by atoms with Gasteiger partial charge in [-0.2, -0.15) is 0 Å². The van der Waals surface area contributed by atoms with Crippen LogP contribution in [0.1, 0.15) is 18.4 Å². The molecule has 2 aromatic rings. The van der Waals surface area contributed by atoms with E-state index in [-0.39, 0.29) is 11.8 Å². The highest BCUT2D eigenvalue weighted by atomic mass is 16.6. The molecule has 7 heteroatoms. The molecule has 0 aliphatic heterocycles. The van der Waals surface area contributed by atoms with E-state index in [1.165, 1.54) is 0 Å². The fourth-order valence-electron chi connectivity index (χ4n) is 2.39. The number of nitrogens with one attached hydrogen (secondary N) is 2. The van der Waals surface area contributed by atoms with Crippen LogP contribution < -0.4 is 26.8 Å². The first-order valence-corrected chi connectivity index (χ1v) is 8.22. The maximum Gasteiger partial charge on any atom is 0.412 e. The maximum atomic E-state index is 12.1. The summed E-state index contributed by atoms with van der Waals surface area (Å²) in [6.45, 7) is 3.44. The van der Waals surface area contributed by atoms with E-state index >= 15 is 0 Å². The Morgan fingerprint density at radius 1 is 1.00 bits per heavy atom. The van der Waals surface area contributed by atoms with Crippen molar-refractivity contribution in [2.75, 3.05) is 26.2 Å². The molecule has 0 unspecified atom stereocenters. The van der Waals surface area contributed by atoms with Crippen molar-refractivity contribution in [2.45, 2.75) is 12.8 Å². The van der Waals surface area contributed by atoms with E-state index < -0.39 is 6.09 Å². The molecule has 0 radical (unpaired) electrons. The summed E-state index contributed by atoms with van der Waals surface area (Å²) < 4.78 is 5.20. The zero-order valence-electron chi connectivity index (χ0n) is 14.2. The van der Waals surface area contributed by atoms with Crippen LogP contribution in [-0.2, 0) is 4.79 Å². The van der Waals surface area contributed by atoms with E-state index in [0.29, 0.717) is 31.9 Å². The summed E-state index contributed by atoms with van der Waals surface area (Å²) in [5.41, 5.74) is 11.6. The molecule has 2 amide bonds. The lowest BCUT2D eigenvalue weighted by Gasteiger charge is -2.13. The van der Waals surface area contributed by atoms with Crippen molar-refractivity contribution >= 4 is 22.8 Å². The van der Waals surface area contributed by atoms with Crippen LogP contribution in [0, 0.1) is 0 Å². The lowest BCUT2D eigenvalue weighted by atomic mass is 9.97. The SMILES string of the molecule is C[C@@H](C(=O)NCCN)c1ccc2cc(OC(=O)NCCN)ccc2c1. The monoisotopic (exact) mass is 344 g/mol. The Kier molecular flexibility index (Phi) is 6.73. The molecule has 2 rings (SSSR count). The molecule has 0 saturated heterocycles. The van der Waals surface area contributed by atoms with Crippen LogP contribution in [0.3, 0.4) is 0 Å². The number of nitrogens with two attached hydrogens (primary N) is 2. The minimum Gasteiger partial charge on any atom is -0.410 e. The van der Waals surface area contributed by atoms with Gasteiger partial charge in [-0.3, -0.25) is 4.79 Å². The number of hydrogen-bond acceptors (Lipinski definition) is 5. The van der Waals surface area contributed by atoms with Gasteiger partial charge in [0.15, 0.2) is 0 Å². The van der Waals surface area contributed by atoms with Gasteiger partial charge in [-0.05, 0) is 35.4 Å². The summed E-state index contributed by atoms with van der Waals surface area (Å²) in [6, 6.07) is 11.1. The van der Waals surface area contributed by atoms with Gasteiger partial charge in [0.05, 0.1) is 5.92 Å². The van der Waals surface area contributed by atoms with E-state index in [1.807, 2.05) is 31.2 Å². The summed E-state index contributed by atoms with van der Waals surface area (Å²) >= 11 is 0. The Labute approximate surface area is 146 Å². The van der Waals surface area contributed by atoms with Crippen LogP contribution in [0.4, 0.5) is 4.79 Å². The second kappa shape index (κ2) is 9.00. The summed E-state index contributed by atoms with van der Waals surface area (Å²) in [6.07, 6.45) is -0.536. The average molecular weight is 344 g/mol. The third kappa shape index (κ3) is 5.17. The molecule has 25 heavy (non-hydrogen) atoms. The molecule has 6 N–H and O–H groups in total. The van der Waals surface area contributed by atoms with Gasteiger partial charge in [-0.15, -0.1) is 0 Å². The topological polar surface area (TPSA) is 119 Å². The molecule has 0 heterocycles. The first-order valence-electron chi connectivity index (χ1n) is 8.22. The van der Waals surface area contributed by atoms with Crippen molar-refractivity contribution in [2.24, 2.45) is 11.5 Å². The Morgan fingerprint density at radius 3 is 2.36 bits per heavy atom. The zero-order valence-corrected chi connectivity index (χ0v) is 14.2. The average Bonchev–Trinajstić information content (AvgIpc) is 2.63. The van der Waals surface area contributed by atoms with Gasteiger partial charge in [-0.1, -0.05) is 24.3 Å². The molecule has 0 aromatic heterocycles. The summed E-state index contributed by atoms with van der Waals surface area (Å²) in [5, 5.41) is 7.21. The summed E-state index contributed by atoms with van der Waals surface area (Å²) in [5.74, 6) is 0.124. The van der Waals surface area contributed by atoms with Crippen molar-refractivity contribution in [1.82, 2.24) is 10.6 Å². The standard InChI is InChI=1S/C18H24N4O3/c1-12(17(23)21-8-6-19)13-2-3-15-11-16(5-4-14(15)10-13)25-18(24)22-9-7-20/h2-5,10-12H,6-9,19-20H2,1H3,(H,21,23)(H,22,24)/t12-/m1/s1. The van der Waals surface area contributed by atoms with Gasteiger partial charge >= 0.3 is 6.09 Å². The normalized spacial score (nSPS) is 11.8. The molecule has 0 aliphatic rings. The highest BCUT2D eigenvalue weighted by molar-refractivity contribution is 5.88. The largest absolute Gasteiger partial charge is 0.412 e. The maximum absolute atomic E-state index is 12.1. The van der Waals surface area contributed by atoms with Gasteiger partial charge in [0, 0.05) is 26.2 Å². The molecule has 7 nitrogen and oxygen atoms in total. The van der Waals surface area contributed by atoms with Crippen molar-refractivity contribution in [3.63, 3.8) is 0 Å². The molecule has 1 atom stereocenters. The van der Waals surface area contributed by atoms with E-state index in [1.54, 1.807) is 12.1 Å². The quantitative estimate of drug-likeness (QED) is 0.599. The number of amides is 2. The minimum absolute atomic E-state index is 0.0543. The van der Waals surface area contributed by atoms with Crippen molar-refractivity contribution < 1.29 is 14.3 Å². The molecule has 0 spiro atoms. The van der Waals surface area contributed by atoms with Crippen LogP contribution in [0.2, 0.25) is 0 Å². The minimum atomic E-state index is -0.536. The van der Waals surface area contributed by atoms with Crippen LogP contribution in [0.15, 0.2) is 36.4 Å². The number of hydrogen-bond donors (Lipinski definition) is 4. The van der Waals surface area contributed by atoms with Crippen molar-refractivity contribution in [1.29, 1.82) is 0 Å². The van der Waals surface area contributed by atoms with E-state index in [0.717, 1.165) is 16.3 Å². The summed E-state index contributed by atoms with van der Waals surface area (Å²) in [7, 11) is 0. The Bertz CT molecular complexity index is 748. The number of ether oxygens (including phenoxy) is 1. The lowest BCUT2D eigenvalue weighted by molar-refractivity contribution is -0.122. The number of benzene rings is 2. The smallest absolute Gasteiger partial charge is 0.410 e. The van der Waals surface area contributed by atoms with Gasteiger partial charge in [0.25, 0.3) is 0 Å². The summed E-state index contributed by atoms with van der Waals surface area (Å²) in [4.78, 5) is 23.6. The molecule has 0 aliphatic carbocycles. The predicted molar refractivity (Wildman–Crippen MR) is 97.5 cm³/mol. The first-order chi connectivity index (χ1) is 12.0. The third-order valence-electron chi connectivity index (χ3n) is 3.80. The number of fused-ring (bicyclic) bond motifs is 1. The fraction of sp³-hybridized carbons (Fsp3) is 0.333. The number of carbonyl (C=O) groups excluding carboxylic acids is 2. The molecule has 2 aromatic carbocycles. The van der Waals surface area contributed by atoms with Gasteiger partial charge in [0.1, 0.15) is 5.75 Å². The van der Waals surface area contributed by atoms with Gasteiger partial charge in [-0.25, -0.2) is 4.79 Å². The third-order valence-corrected chi connectivity index (χ3v) is 3.80. The molecule has 0 saturated carbocycles. The number of carbonyl (C=O) groups is 2. The first kappa shape index (κ1) is 18.7. The van der Waals surface area contributed by atoms with Crippen molar-refractivity contribution in [3.05, 3.63) is 42.0 Å². The van der Waals surface area contributed by atoms with Gasteiger partial charge < -0.3 is 26.8 Å². The van der Waals surface area contributed by atoms with Crippen molar-refractivity contribution in [3.8, 4) is 5.75 Å². The second-order valence-electron chi connectivity index (χ2n) is 5.67. The molecule has 134 valence electrons. The Balaban J connectivity index is 2.12. The Morgan fingerprint density at radius 2 is 1.64 bits per heavy atom. The van der Waals surface area contributed by atoms with Crippen LogP contribution in [0.5, 0.6) is 5.75 Å². The highest BCUT2D eigenvalue weighted by Crippen LogP contribution is 2.25.